The molecule has 1 aromatic rings. The van der Waals surface area contributed by atoms with E-state index in [0.29, 0.717) is 18.2 Å². The number of halogens is 3. The van der Waals surface area contributed by atoms with Crippen LogP contribution in [0, 0.1) is 11.8 Å². The van der Waals surface area contributed by atoms with E-state index in [1.807, 2.05) is 0 Å². The fourth-order valence-electron chi connectivity index (χ4n) is 7.17. The highest BCUT2D eigenvalue weighted by atomic mass is 32.2. The zero-order chi connectivity index (χ0) is 26.9. The number of amides is 1. The van der Waals surface area contributed by atoms with Crippen LogP contribution >= 0.6 is 0 Å². The predicted octanol–water partition coefficient (Wildman–Crippen LogP) is 4.31. The monoisotopic (exact) mass is 553 g/mol. The molecular formula is C28H38F3N3O3S. The van der Waals surface area contributed by atoms with Crippen molar-refractivity contribution in [2.24, 2.45) is 11.8 Å². The number of unbranched alkanes of at least 4 members (excludes halogenated alkanes) is 1. The van der Waals surface area contributed by atoms with E-state index in [0.717, 1.165) is 55.9 Å². The molecule has 3 aliphatic heterocycles. The van der Waals surface area contributed by atoms with Gasteiger partial charge >= 0.3 is 5.51 Å². The average Bonchev–Trinajstić information content (AvgIpc) is 2.88. The summed E-state index contributed by atoms with van der Waals surface area (Å²) < 4.78 is 61.0. The lowest BCUT2D eigenvalue weighted by Crippen LogP contribution is -2.59. The van der Waals surface area contributed by atoms with Crippen LogP contribution < -0.4 is 5.32 Å². The highest BCUT2D eigenvalue weighted by Crippen LogP contribution is 2.45. The van der Waals surface area contributed by atoms with E-state index in [1.165, 1.54) is 63.7 Å². The molecule has 3 saturated heterocycles. The number of likely N-dealkylation sites (tertiary alicyclic amines) is 1. The van der Waals surface area contributed by atoms with Crippen LogP contribution in [0.4, 0.5) is 13.2 Å². The molecule has 3 heterocycles. The Labute approximate surface area is 223 Å². The zero-order valence-corrected chi connectivity index (χ0v) is 22.6. The van der Waals surface area contributed by atoms with Crippen molar-refractivity contribution in [2.75, 3.05) is 32.7 Å². The number of fused-ring (bicyclic) bond motifs is 6. The number of sulfone groups is 1. The van der Waals surface area contributed by atoms with Crippen LogP contribution in [0.25, 0.3) is 0 Å². The van der Waals surface area contributed by atoms with Gasteiger partial charge in [0.2, 0.25) is 5.91 Å². The number of hydrogen-bond donors (Lipinski definition) is 1. The third kappa shape index (κ3) is 5.82. The number of benzene rings is 1. The molecule has 1 aliphatic carbocycles. The summed E-state index contributed by atoms with van der Waals surface area (Å²) in [5, 5.41) is 2.89. The first-order valence-corrected chi connectivity index (χ1v) is 15.5. The van der Waals surface area contributed by atoms with E-state index in [1.54, 1.807) is 5.57 Å². The largest absolute Gasteiger partial charge is 0.501 e. The molecule has 38 heavy (non-hydrogen) atoms. The minimum atomic E-state index is -5.38. The fraction of sp³-hybridized carbons (Fsp3) is 0.679. The predicted molar refractivity (Wildman–Crippen MR) is 139 cm³/mol. The second kappa shape index (κ2) is 11.3. The lowest BCUT2D eigenvalue weighted by atomic mass is 9.68. The van der Waals surface area contributed by atoms with E-state index in [-0.39, 0.29) is 12.3 Å². The molecule has 0 unspecified atom stereocenters. The number of nitrogens with one attached hydrogen (secondary N) is 1. The first-order chi connectivity index (χ1) is 18.1. The minimum absolute atomic E-state index is 0.00492. The van der Waals surface area contributed by atoms with Crippen LogP contribution in [0.5, 0.6) is 0 Å². The van der Waals surface area contributed by atoms with Gasteiger partial charge in [-0.05, 0) is 94.1 Å². The van der Waals surface area contributed by atoms with Crippen LogP contribution in [-0.2, 0) is 21.1 Å². The lowest BCUT2D eigenvalue weighted by molar-refractivity contribution is -0.120. The summed E-state index contributed by atoms with van der Waals surface area (Å²) in [7, 11) is -5.38. The van der Waals surface area contributed by atoms with Gasteiger partial charge in [0.25, 0.3) is 9.84 Å². The van der Waals surface area contributed by atoms with Crippen molar-refractivity contribution < 1.29 is 26.4 Å². The third-order valence-electron chi connectivity index (χ3n) is 8.86. The molecule has 3 fully saturated rings. The number of carbonyl (C=O) groups is 1. The number of rotatable bonds is 8. The highest BCUT2D eigenvalue weighted by molar-refractivity contribution is 7.92. The van der Waals surface area contributed by atoms with Crippen molar-refractivity contribution in [3.05, 3.63) is 41.5 Å². The summed E-state index contributed by atoms with van der Waals surface area (Å²) in [6, 6.07) is 5.65. The summed E-state index contributed by atoms with van der Waals surface area (Å²) in [5.41, 5.74) is -3.20. The Morgan fingerprint density at radius 2 is 1.84 bits per heavy atom. The van der Waals surface area contributed by atoms with Gasteiger partial charge in [-0.2, -0.15) is 13.2 Å². The molecule has 210 valence electrons. The van der Waals surface area contributed by atoms with Gasteiger partial charge in [0.15, 0.2) is 0 Å². The van der Waals surface area contributed by atoms with Crippen LogP contribution in [-0.4, -0.2) is 74.4 Å². The molecule has 0 saturated carbocycles. The van der Waals surface area contributed by atoms with Crippen LogP contribution in [0.15, 0.2) is 40.8 Å². The van der Waals surface area contributed by atoms with Gasteiger partial charge in [0.05, 0.1) is 11.3 Å². The van der Waals surface area contributed by atoms with Crippen molar-refractivity contribution in [3.63, 3.8) is 0 Å². The van der Waals surface area contributed by atoms with Gasteiger partial charge in [0, 0.05) is 25.2 Å². The van der Waals surface area contributed by atoms with Gasteiger partial charge in [0.1, 0.15) is 0 Å². The third-order valence-corrected chi connectivity index (χ3v) is 10.4. The Balaban J connectivity index is 1.06. The van der Waals surface area contributed by atoms with Crippen LogP contribution in [0.3, 0.4) is 0 Å². The number of alkyl halides is 3. The van der Waals surface area contributed by atoms with E-state index < -0.39 is 20.2 Å². The normalized spacial score (nSPS) is 28.2. The molecule has 4 atom stereocenters. The second-order valence-corrected chi connectivity index (χ2v) is 13.3. The minimum Gasteiger partial charge on any atom is -0.356 e. The summed E-state index contributed by atoms with van der Waals surface area (Å²) in [5.74, 6) is 1.24. The molecule has 6 nitrogen and oxygen atoms in total. The maximum Gasteiger partial charge on any atom is 0.501 e. The van der Waals surface area contributed by atoms with Crippen LogP contribution in [0.2, 0.25) is 0 Å². The maximum absolute atomic E-state index is 12.7. The highest BCUT2D eigenvalue weighted by Gasteiger charge is 2.47. The maximum atomic E-state index is 12.7. The van der Waals surface area contributed by atoms with Crippen molar-refractivity contribution in [1.29, 1.82) is 0 Å². The Hall–Kier alpha value is -1.91. The van der Waals surface area contributed by atoms with Crippen molar-refractivity contribution in [1.82, 2.24) is 15.1 Å². The van der Waals surface area contributed by atoms with E-state index in [4.69, 9.17) is 0 Å². The summed E-state index contributed by atoms with van der Waals surface area (Å²) in [6.45, 7) is 5.20. The fourth-order valence-corrected chi connectivity index (χ4v) is 7.93. The molecule has 4 aliphatic rings. The van der Waals surface area contributed by atoms with Gasteiger partial charge < -0.3 is 5.32 Å². The number of carbonyl (C=O) groups excluding carboxylic acids is 1. The molecular weight excluding hydrogens is 515 g/mol. The van der Waals surface area contributed by atoms with E-state index in [9.17, 15) is 26.4 Å². The molecule has 1 amide bonds. The lowest BCUT2D eigenvalue weighted by Gasteiger charge is -2.55. The molecule has 0 radical (unpaired) electrons. The Kier molecular flexibility index (Phi) is 8.22. The molecule has 10 heteroatoms. The van der Waals surface area contributed by atoms with E-state index in [2.05, 4.69) is 21.2 Å². The standard InChI is InChI=1S/C28H38F3N3O3S/c29-28(30,31)38(36,37)24-10-8-20(9-11-24)16-26(35)32-12-2-4-13-33-15-5-6-21-17-22-18-23(27(21)33)19-34-14-3-1-7-25(22)34/h8-11,17,22-23,25,27H,1-7,12-16,18-19H2,(H,32,35)/t22-,23+,25+,27+/m0/s1. The quantitative estimate of drug-likeness (QED) is 0.384. The van der Waals surface area contributed by atoms with Crippen LogP contribution in [0.1, 0.15) is 56.9 Å². The van der Waals surface area contributed by atoms with Gasteiger partial charge in [-0.1, -0.05) is 30.2 Å². The molecule has 5 rings (SSSR count). The summed E-state index contributed by atoms with van der Waals surface area (Å²) >= 11 is 0. The molecule has 1 aromatic carbocycles. The SMILES string of the molecule is O=C(Cc1ccc(S(=O)(=O)C(F)(F)F)cc1)NCCCCN1CCCC2=C[C@H]3C[C@H](CN4CCCC[C@H]34)[C@@H]21. The first kappa shape index (κ1) is 27.6. The molecule has 0 spiro atoms. The number of nitrogens with zero attached hydrogens (tertiary/aromatic N) is 2. The van der Waals surface area contributed by atoms with Gasteiger partial charge in [-0.3, -0.25) is 14.6 Å². The van der Waals surface area contributed by atoms with Gasteiger partial charge in [-0.25, -0.2) is 8.42 Å². The number of piperidine rings is 3. The molecule has 1 N–H and O–H groups in total. The zero-order valence-electron chi connectivity index (χ0n) is 21.8. The van der Waals surface area contributed by atoms with E-state index >= 15 is 0 Å². The molecule has 0 aromatic heterocycles. The summed E-state index contributed by atoms with van der Waals surface area (Å²) in [4.78, 5) is 16.9. The van der Waals surface area contributed by atoms with Crippen molar-refractivity contribution in [2.45, 2.75) is 80.3 Å². The second-order valence-electron chi connectivity index (χ2n) is 11.4. The number of hydrogen-bond acceptors (Lipinski definition) is 5. The Morgan fingerprint density at radius 3 is 2.61 bits per heavy atom. The summed E-state index contributed by atoms with van der Waals surface area (Å²) in [6.07, 6.45) is 12.3. The van der Waals surface area contributed by atoms with Crippen molar-refractivity contribution >= 4 is 15.7 Å². The molecule has 2 bridgehead atoms. The Morgan fingerprint density at radius 1 is 1.05 bits per heavy atom. The topological polar surface area (TPSA) is 69.7 Å². The van der Waals surface area contributed by atoms with Gasteiger partial charge in [-0.15, -0.1) is 0 Å². The smallest absolute Gasteiger partial charge is 0.356 e. The van der Waals surface area contributed by atoms with Crippen molar-refractivity contribution in [3.8, 4) is 0 Å². The Bertz CT molecular complexity index is 1140. The average molecular weight is 554 g/mol. The first-order valence-electron chi connectivity index (χ1n) is 14.0.